The van der Waals surface area contributed by atoms with Crippen LogP contribution in [-0.4, -0.2) is 26.9 Å². The predicted octanol–water partition coefficient (Wildman–Crippen LogP) is 3.61. The summed E-state index contributed by atoms with van der Waals surface area (Å²) < 4.78 is 43.1. The molecule has 0 atom stereocenters. The topological polar surface area (TPSA) is 91.1 Å². The van der Waals surface area contributed by atoms with Gasteiger partial charge < -0.3 is 19.4 Å². The lowest BCUT2D eigenvalue weighted by molar-refractivity contribution is 0.345. The fourth-order valence-electron chi connectivity index (χ4n) is 2.82. The molecule has 7 nitrogen and oxygen atoms in total. The monoisotopic (exact) mass is 428 g/mol. The van der Waals surface area contributed by atoms with Gasteiger partial charge in [0.2, 0.25) is 0 Å². The maximum Gasteiger partial charge on any atom is 0.385 e. The van der Waals surface area contributed by atoms with Crippen molar-refractivity contribution >= 4 is 16.0 Å². The van der Waals surface area contributed by atoms with Crippen LogP contribution >= 0.6 is 0 Å². The minimum absolute atomic E-state index is 0.126. The van der Waals surface area contributed by atoms with E-state index in [2.05, 4.69) is 0 Å². The number of rotatable bonds is 9. The van der Waals surface area contributed by atoms with Crippen LogP contribution in [0.1, 0.15) is 11.1 Å². The summed E-state index contributed by atoms with van der Waals surface area (Å²) in [6.07, 6.45) is 0. The average Bonchev–Trinajstić information content (AvgIpc) is 2.74. The van der Waals surface area contributed by atoms with Gasteiger partial charge in [0.1, 0.15) is 17.2 Å². The van der Waals surface area contributed by atoms with E-state index in [9.17, 15) is 8.42 Å². The number of benzene rings is 3. The number of hydrogen-bond acceptors (Lipinski definition) is 6. The van der Waals surface area contributed by atoms with E-state index in [4.69, 9.17) is 19.4 Å². The van der Waals surface area contributed by atoms with Crippen LogP contribution in [0.25, 0.3) is 0 Å². The smallest absolute Gasteiger partial charge is 0.385 e. The minimum atomic E-state index is -4.10. The first-order valence-electron chi connectivity index (χ1n) is 9.20. The Labute approximate surface area is 176 Å². The van der Waals surface area contributed by atoms with E-state index >= 15 is 0 Å². The van der Waals surface area contributed by atoms with Crippen molar-refractivity contribution in [2.24, 2.45) is 0 Å². The van der Waals surface area contributed by atoms with E-state index < -0.39 is 10.3 Å². The Balaban J connectivity index is 1.87. The first-order valence-corrected chi connectivity index (χ1v) is 10.6. The maximum absolute atomic E-state index is 13.1. The van der Waals surface area contributed by atoms with Crippen LogP contribution in [0.15, 0.2) is 72.8 Å². The van der Waals surface area contributed by atoms with Crippen LogP contribution in [0, 0.1) is 0 Å². The molecule has 0 saturated heterocycles. The van der Waals surface area contributed by atoms with Crippen LogP contribution in [0.4, 0.5) is 5.69 Å². The number of hydrogen-bond donors (Lipinski definition) is 1. The SMILES string of the molecule is COc1ccc(CN(Cc2ccc(OC)cc2)S(=O)(=O)Oc2cccc(N)c2)cc1. The number of anilines is 1. The van der Waals surface area contributed by atoms with Crippen LogP contribution in [0.3, 0.4) is 0 Å². The zero-order chi connectivity index (χ0) is 21.6. The van der Waals surface area contributed by atoms with Gasteiger partial charge in [0.15, 0.2) is 0 Å². The highest BCUT2D eigenvalue weighted by Crippen LogP contribution is 2.23. The zero-order valence-corrected chi connectivity index (χ0v) is 17.6. The van der Waals surface area contributed by atoms with Gasteiger partial charge in [-0.05, 0) is 47.5 Å². The third kappa shape index (κ3) is 5.65. The second-order valence-electron chi connectivity index (χ2n) is 6.58. The number of methoxy groups -OCH3 is 2. The quantitative estimate of drug-likeness (QED) is 0.524. The van der Waals surface area contributed by atoms with Crippen molar-refractivity contribution in [1.82, 2.24) is 4.31 Å². The number of nitrogens with zero attached hydrogens (tertiary/aromatic N) is 1. The minimum Gasteiger partial charge on any atom is -0.497 e. The molecule has 0 aliphatic carbocycles. The molecule has 0 amide bonds. The van der Waals surface area contributed by atoms with Crippen molar-refractivity contribution in [2.75, 3.05) is 20.0 Å². The van der Waals surface area contributed by atoms with Gasteiger partial charge in [0.05, 0.1) is 14.2 Å². The standard InChI is InChI=1S/C22H24N2O5S/c1-27-20-10-6-17(7-11-20)15-24(16-18-8-12-21(28-2)13-9-18)30(25,26)29-22-5-3-4-19(23)14-22/h3-14H,15-16,23H2,1-2H3. The molecule has 8 heteroatoms. The number of ether oxygens (including phenoxy) is 2. The fourth-order valence-corrected chi connectivity index (χ4v) is 3.89. The first kappa shape index (κ1) is 21.5. The highest BCUT2D eigenvalue weighted by atomic mass is 32.2. The van der Waals surface area contributed by atoms with Gasteiger partial charge in [-0.25, -0.2) is 0 Å². The molecule has 3 rings (SSSR count). The fraction of sp³-hybridized carbons (Fsp3) is 0.182. The summed E-state index contributed by atoms with van der Waals surface area (Å²) in [4.78, 5) is 0. The van der Waals surface area contributed by atoms with E-state index in [1.807, 2.05) is 24.3 Å². The molecule has 158 valence electrons. The van der Waals surface area contributed by atoms with Gasteiger partial charge in [0, 0.05) is 24.8 Å². The molecule has 0 heterocycles. The molecule has 0 fully saturated rings. The summed E-state index contributed by atoms with van der Waals surface area (Å²) >= 11 is 0. The Morgan fingerprint density at radius 3 is 1.70 bits per heavy atom. The highest BCUT2D eigenvalue weighted by molar-refractivity contribution is 7.84. The van der Waals surface area contributed by atoms with Gasteiger partial charge in [0.25, 0.3) is 0 Å². The van der Waals surface area contributed by atoms with Gasteiger partial charge in [-0.1, -0.05) is 30.3 Å². The second kappa shape index (κ2) is 9.51. The molecule has 3 aromatic rings. The van der Waals surface area contributed by atoms with Crippen molar-refractivity contribution in [3.05, 3.63) is 83.9 Å². The lowest BCUT2D eigenvalue weighted by Crippen LogP contribution is -2.33. The van der Waals surface area contributed by atoms with E-state index in [0.29, 0.717) is 17.2 Å². The summed E-state index contributed by atoms with van der Waals surface area (Å²) in [5.41, 5.74) is 7.75. The van der Waals surface area contributed by atoms with Crippen LogP contribution in [0.2, 0.25) is 0 Å². The van der Waals surface area contributed by atoms with Crippen molar-refractivity contribution in [3.63, 3.8) is 0 Å². The molecular formula is C22H24N2O5S. The zero-order valence-electron chi connectivity index (χ0n) is 16.8. The summed E-state index contributed by atoms with van der Waals surface area (Å²) in [6, 6.07) is 20.7. The molecule has 0 spiro atoms. The summed E-state index contributed by atoms with van der Waals surface area (Å²) in [5, 5.41) is 0. The lowest BCUT2D eigenvalue weighted by atomic mass is 10.2. The normalized spacial score (nSPS) is 11.3. The Morgan fingerprint density at radius 1 is 0.767 bits per heavy atom. The molecule has 0 radical (unpaired) electrons. The number of nitrogen functional groups attached to an aromatic ring is 1. The van der Waals surface area contributed by atoms with Gasteiger partial charge in [-0.2, -0.15) is 12.7 Å². The Morgan fingerprint density at radius 2 is 1.27 bits per heavy atom. The number of nitrogens with two attached hydrogens (primary N) is 1. The first-order chi connectivity index (χ1) is 14.4. The maximum atomic E-state index is 13.1. The molecule has 3 aromatic carbocycles. The molecule has 30 heavy (non-hydrogen) atoms. The Hall–Kier alpha value is -3.23. The second-order valence-corrected chi connectivity index (χ2v) is 8.12. The summed E-state index contributed by atoms with van der Waals surface area (Å²) in [7, 11) is -0.948. The average molecular weight is 429 g/mol. The van der Waals surface area contributed by atoms with E-state index in [0.717, 1.165) is 11.1 Å². The van der Waals surface area contributed by atoms with Crippen LogP contribution in [-0.2, 0) is 23.4 Å². The van der Waals surface area contributed by atoms with E-state index in [-0.39, 0.29) is 18.8 Å². The molecule has 0 aliphatic rings. The molecular weight excluding hydrogens is 404 g/mol. The van der Waals surface area contributed by atoms with Gasteiger partial charge in [-0.15, -0.1) is 0 Å². The Bertz CT molecular complexity index is 1020. The summed E-state index contributed by atoms with van der Waals surface area (Å²) in [6.45, 7) is 0.251. The third-order valence-electron chi connectivity index (χ3n) is 4.41. The largest absolute Gasteiger partial charge is 0.497 e. The molecule has 2 N–H and O–H groups in total. The van der Waals surface area contributed by atoms with Crippen molar-refractivity contribution in [2.45, 2.75) is 13.1 Å². The predicted molar refractivity (Wildman–Crippen MR) is 116 cm³/mol. The highest BCUT2D eigenvalue weighted by Gasteiger charge is 2.25. The van der Waals surface area contributed by atoms with Crippen molar-refractivity contribution in [3.8, 4) is 17.2 Å². The van der Waals surface area contributed by atoms with Crippen LogP contribution < -0.4 is 19.4 Å². The molecule has 0 aliphatic heterocycles. The summed E-state index contributed by atoms with van der Waals surface area (Å²) in [5.74, 6) is 1.54. The van der Waals surface area contributed by atoms with Gasteiger partial charge >= 0.3 is 10.3 Å². The van der Waals surface area contributed by atoms with E-state index in [1.165, 1.54) is 10.4 Å². The molecule has 0 unspecified atom stereocenters. The molecule has 0 saturated carbocycles. The Kier molecular flexibility index (Phi) is 6.81. The van der Waals surface area contributed by atoms with Crippen molar-refractivity contribution in [1.29, 1.82) is 0 Å². The third-order valence-corrected chi connectivity index (χ3v) is 5.71. The molecule has 0 bridgehead atoms. The van der Waals surface area contributed by atoms with Gasteiger partial charge in [-0.3, -0.25) is 0 Å². The van der Waals surface area contributed by atoms with Crippen molar-refractivity contribution < 1.29 is 22.1 Å². The lowest BCUT2D eigenvalue weighted by Gasteiger charge is -2.22. The van der Waals surface area contributed by atoms with Crippen LogP contribution in [0.5, 0.6) is 17.2 Å². The van der Waals surface area contributed by atoms with E-state index in [1.54, 1.807) is 56.7 Å². The molecule has 0 aromatic heterocycles.